The molecule has 15 heavy (non-hydrogen) atoms. The van der Waals surface area contributed by atoms with Crippen molar-refractivity contribution in [3.05, 3.63) is 0 Å². The summed E-state index contributed by atoms with van der Waals surface area (Å²) in [5.74, 6) is -0.858. The van der Waals surface area contributed by atoms with Crippen LogP contribution in [0.4, 0.5) is 0 Å². The van der Waals surface area contributed by atoms with E-state index in [0.29, 0.717) is 0 Å². The zero-order valence-corrected chi connectivity index (χ0v) is 9.45. The number of aliphatic carboxylic acids is 1. The molecule has 1 aliphatic carbocycles. The van der Waals surface area contributed by atoms with Crippen LogP contribution in [0.1, 0.15) is 39.0 Å². The number of carbonyl (C=O) groups is 2. The second-order valence-electron chi connectivity index (χ2n) is 4.43. The lowest BCUT2D eigenvalue weighted by molar-refractivity contribution is -0.145. The lowest BCUT2D eigenvalue weighted by Crippen LogP contribution is -2.35. The molecule has 1 fully saturated rings. The molecule has 0 bridgehead atoms. The number of hydrogen-bond donors (Lipinski definition) is 1. The fraction of sp³-hybridized carbons (Fsp3) is 0.818. The zero-order chi connectivity index (χ0) is 11.5. The molecule has 0 saturated heterocycles. The summed E-state index contributed by atoms with van der Waals surface area (Å²) >= 11 is 0. The first-order valence-corrected chi connectivity index (χ1v) is 5.49. The van der Waals surface area contributed by atoms with Gasteiger partial charge in [0.15, 0.2) is 0 Å². The molecular weight excluding hydrogens is 194 g/mol. The van der Waals surface area contributed by atoms with Crippen molar-refractivity contribution in [3.63, 3.8) is 0 Å². The van der Waals surface area contributed by atoms with Gasteiger partial charge in [0.2, 0.25) is 5.91 Å². The van der Waals surface area contributed by atoms with E-state index in [9.17, 15) is 9.59 Å². The van der Waals surface area contributed by atoms with Crippen molar-refractivity contribution in [2.24, 2.45) is 5.41 Å². The van der Waals surface area contributed by atoms with E-state index < -0.39 is 11.4 Å². The van der Waals surface area contributed by atoms with E-state index in [4.69, 9.17) is 5.11 Å². The molecule has 0 atom stereocenters. The molecule has 4 nitrogen and oxygen atoms in total. The number of carboxylic acid groups (broad SMARTS) is 1. The Kier molecular flexibility index (Phi) is 3.72. The molecule has 0 heterocycles. The number of rotatable bonds is 6. The summed E-state index contributed by atoms with van der Waals surface area (Å²) in [6.07, 6.45) is 3.47. The van der Waals surface area contributed by atoms with E-state index in [1.165, 1.54) is 0 Å². The molecule has 1 aliphatic rings. The van der Waals surface area contributed by atoms with E-state index in [2.05, 4.69) is 6.92 Å². The number of carbonyl (C=O) groups excluding carboxylic acids is 1. The number of carboxylic acids is 1. The predicted octanol–water partition coefficient (Wildman–Crippen LogP) is 1.50. The molecule has 0 aromatic heterocycles. The maximum atomic E-state index is 11.9. The monoisotopic (exact) mass is 213 g/mol. The first-order chi connectivity index (χ1) is 7.02. The van der Waals surface area contributed by atoms with Crippen LogP contribution in [0.15, 0.2) is 0 Å². The van der Waals surface area contributed by atoms with Gasteiger partial charge in [0.1, 0.15) is 0 Å². The average molecular weight is 213 g/mol. The molecule has 1 rings (SSSR count). The maximum absolute atomic E-state index is 11.9. The van der Waals surface area contributed by atoms with Crippen LogP contribution in [0.2, 0.25) is 0 Å². The van der Waals surface area contributed by atoms with Crippen molar-refractivity contribution in [1.29, 1.82) is 0 Å². The van der Waals surface area contributed by atoms with Gasteiger partial charge in [-0.15, -0.1) is 0 Å². The fourth-order valence-corrected chi connectivity index (χ4v) is 1.81. The summed E-state index contributed by atoms with van der Waals surface area (Å²) in [5, 5.41) is 8.73. The van der Waals surface area contributed by atoms with Crippen LogP contribution in [0, 0.1) is 5.41 Å². The smallest absolute Gasteiger partial charge is 0.304 e. The number of unbranched alkanes of at least 4 members (excludes halogenated alkanes) is 1. The Balaban J connectivity index is 2.48. The Morgan fingerprint density at radius 1 is 1.40 bits per heavy atom. The highest BCUT2D eigenvalue weighted by Gasteiger charge is 2.52. The van der Waals surface area contributed by atoms with Gasteiger partial charge in [0.05, 0.1) is 11.8 Å². The highest BCUT2D eigenvalue weighted by Crippen LogP contribution is 2.50. The zero-order valence-electron chi connectivity index (χ0n) is 9.45. The van der Waals surface area contributed by atoms with Crippen molar-refractivity contribution in [2.75, 3.05) is 13.6 Å². The van der Waals surface area contributed by atoms with E-state index in [-0.39, 0.29) is 12.3 Å². The van der Waals surface area contributed by atoms with Crippen LogP contribution in [0.5, 0.6) is 0 Å². The third-order valence-corrected chi connectivity index (χ3v) is 2.99. The molecule has 0 spiro atoms. The SMILES string of the molecule is CCCCN(C)C(=O)C1(CC(=O)O)CC1. The van der Waals surface area contributed by atoms with E-state index in [1.54, 1.807) is 11.9 Å². The molecule has 1 N–H and O–H groups in total. The molecular formula is C11H19NO3. The maximum Gasteiger partial charge on any atom is 0.304 e. The molecule has 1 amide bonds. The Morgan fingerprint density at radius 2 is 2.00 bits per heavy atom. The minimum Gasteiger partial charge on any atom is -0.481 e. The molecule has 0 radical (unpaired) electrons. The minimum absolute atomic E-state index is 0.0116. The van der Waals surface area contributed by atoms with Crippen LogP contribution >= 0.6 is 0 Å². The lowest BCUT2D eigenvalue weighted by atomic mass is 10.0. The standard InChI is InChI=1S/C11H19NO3/c1-3-4-7-12(2)10(15)11(5-6-11)8-9(13)14/h3-8H2,1-2H3,(H,13,14). The molecule has 0 aromatic rings. The predicted molar refractivity (Wildman–Crippen MR) is 56.5 cm³/mol. The second-order valence-corrected chi connectivity index (χ2v) is 4.43. The summed E-state index contributed by atoms with van der Waals surface area (Å²) < 4.78 is 0. The Labute approximate surface area is 90.3 Å². The van der Waals surface area contributed by atoms with Crippen LogP contribution < -0.4 is 0 Å². The largest absolute Gasteiger partial charge is 0.481 e. The summed E-state index contributed by atoms with van der Waals surface area (Å²) in [7, 11) is 1.76. The van der Waals surface area contributed by atoms with Crippen LogP contribution in [0.25, 0.3) is 0 Å². The van der Waals surface area contributed by atoms with Crippen molar-refractivity contribution in [3.8, 4) is 0 Å². The molecule has 86 valence electrons. The van der Waals surface area contributed by atoms with Gasteiger partial charge in [-0.2, -0.15) is 0 Å². The summed E-state index contributed by atoms with van der Waals surface area (Å²) in [5.41, 5.74) is -0.561. The Hall–Kier alpha value is -1.06. The quantitative estimate of drug-likeness (QED) is 0.727. The topological polar surface area (TPSA) is 57.6 Å². The third kappa shape index (κ3) is 2.94. The van der Waals surface area contributed by atoms with Gasteiger partial charge in [-0.1, -0.05) is 13.3 Å². The summed E-state index contributed by atoms with van der Waals surface area (Å²) in [4.78, 5) is 24.2. The highest BCUT2D eigenvalue weighted by atomic mass is 16.4. The van der Waals surface area contributed by atoms with Crippen LogP contribution in [-0.2, 0) is 9.59 Å². The average Bonchev–Trinajstić information content (AvgIpc) is 2.93. The number of nitrogens with zero attached hydrogens (tertiary/aromatic N) is 1. The van der Waals surface area contributed by atoms with Crippen molar-refractivity contribution >= 4 is 11.9 Å². The van der Waals surface area contributed by atoms with Crippen molar-refractivity contribution < 1.29 is 14.7 Å². The molecule has 1 saturated carbocycles. The van der Waals surface area contributed by atoms with Crippen molar-refractivity contribution in [2.45, 2.75) is 39.0 Å². The Morgan fingerprint density at radius 3 is 2.40 bits per heavy atom. The Bertz CT molecular complexity index is 259. The third-order valence-electron chi connectivity index (χ3n) is 2.99. The van der Waals surface area contributed by atoms with Crippen LogP contribution in [-0.4, -0.2) is 35.5 Å². The fourth-order valence-electron chi connectivity index (χ4n) is 1.81. The first-order valence-electron chi connectivity index (χ1n) is 5.49. The van der Waals surface area contributed by atoms with Gasteiger partial charge in [0, 0.05) is 13.6 Å². The van der Waals surface area contributed by atoms with Gasteiger partial charge in [-0.3, -0.25) is 9.59 Å². The minimum atomic E-state index is -0.871. The first kappa shape index (κ1) is 12.0. The van der Waals surface area contributed by atoms with Gasteiger partial charge in [0.25, 0.3) is 0 Å². The normalized spacial score (nSPS) is 17.2. The van der Waals surface area contributed by atoms with Crippen molar-refractivity contribution in [1.82, 2.24) is 4.90 Å². The van der Waals surface area contributed by atoms with Gasteiger partial charge in [-0.25, -0.2) is 0 Å². The van der Waals surface area contributed by atoms with Crippen LogP contribution in [0.3, 0.4) is 0 Å². The lowest BCUT2D eigenvalue weighted by Gasteiger charge is -2.22. The molecule has 0 aromatic carbocycles. The summed E-state index contributed by atoms with van der Waals surface area (Å²) in [6.45, 7) is 2.80. The van der Waals surface area contributed by atoms with Gasteiger partial charge < -0.3 is 10.0 Å². The van der Waals surface area contributed by atoms with E-state index >= 15 is 0 Å². The number of hydrogen-bond acceptors (Lipinski definition) is 2. The van der Waals surface area contributed by atoms with E-state index in [1.807, 2.05) is 0 Å². The van der Waals surface area contributed by atoms with Gasteiger partial charge in [-0.05, 0) is 19.3 Å². The molecule has 0 unspecified atom stereocenters. The number of amides is 1. The van der Waals surface area contributed by atoms with Gasteiger partial charge >= 0.3 is 5.97 Å². The van der Waals surface area contributed by atoms with E-state index in [0.717, 1.165) is 32.2 Å². The molecule has 4 heteroatoms. The second kappa shape index (κ2) is 4.64. The summed E-state index contributed by atoms with van der Waals surface area (Å²) in [6, 6.07) is 0. The molecule has 0 aliphatic heterocycles. The highest BCUT2D eigenvalue weighted by molar-refractivity contribution is 5.89.